The number of fused-ring (bicyclic) bond motifs is 18. The number of anilines is 6. The quantitative estimate of drug-likeness (QED) is 0.159. The summed E-state index contributed by atoms with van der Waals surface area (Å²) in [5.41, 5.74) is 26.4. The van der Waals surface area contributed by atoms with Crippen LogP contribution in [0.2, 0.25) is 0 Å². The third kappa shape index (κ3) is 6.63. The first-order valence-corrected chi connectivity index (χ1v) is 29.8. The van der Waals surface area contributed by atoms with Gasteiger partial charge >= 0.3 is 0 Å². The lowest BCUT2D eigenvalue weighted by Crippen LogP contribution is -2.33. The van der Waals surface area contributed by atoms with Crippen molar-refractivity contribution >= 4 is 67.7 Å². The summed E-state index contributed by atoms with van der Waals surface area (Å²) in [5, 5.41) is 2.37. The van der Waals surface area contributed by atoms with E-state index in [9.17, 15) is 0 Å². The first kappa shape index (κ1) is 48.1. The van der Waals surface area contributed by atoms with Gasteiger partial charge < -0.3 is 14.4 Å². The molecule has 0 N–H and O–H groups in total. The molecule has 1 unspecified atom stereocenters. The minimum atomic E-state index is -0.855. The van der Waals surface area contributed by atoms with Gasteiger partial charge in [0.2, 0.25) is 0 Å². The molecule has 0 bridgehead atoms. The van der Waals surface area contributed by atoms with Gasteiger partial charge in [-0.25, -0.2) is 0 Å². The second-order valence-electron chi connectivity index (χ2n) is 23.8. The molecule has 0 fully saturated rings. The average molecular weight is 1080 g/mol. The molecule has 83 heavy (non-hydrogen) atoms. The summed E-state index contributed by atoms with van der Waals surface area (Å²) < 4.78 is 2.53. The zero-order valence-corrected chi connectivity index (χ0v) is 47.4. The molecule has 4 nitrogen and oxygen atoms in total. The van der Waals surface area contributed by atoms with Gasteiger partial charge in [-0.05, 0) is 170 Å². The third-order valence-electron chi connectivity index (χ3n) is 18.8. The van der Waals surface area contributed by atoms with Crippen LogP contribution in [0.5, 0.6) is 0 Å². The van der Waals surface area contributed by atoms with Gasteiger partial charge in [0.05, 0.1) is 27.8 Å². The summed E-state index contributed by atoms with van der Waals surface area (Å²) in [6.07, 6.45) is 2.01. The van der Waals surface area contributed by atoms with Crippen molar-refractivity contribution in [2.45, 2.75) is 53.7 Å². The van der Waals surface area contributed by atoms with Gasteiger partial charge in [-0.3, -0.25) is 4.98 Å². The topological polar surface area (TPSA) is 24.3 Å². The van der Waals surface area contributed by atoms with E-state index < -0.39 is 5.41 Å². The van der Waals surface area contributed by atoms with Crippen molar-refractivity contribution in [2.24, 2.45) is 0 Å². The molecule has 3 heterocycles. The summed E-state index contributed by atoms with van der Waals surface area (Å²) in [5.74, 6) is 0. The second kappa shape index (κ2) is 17.7. The summed E-state index contributed by atoms with van der Waals surface area (Å²) in [6, 6.07) is 97.8. The molecule has 1 aliphatic heterocycles. The molecule has 13 aromatic rings. The number of para-hydroxylation sites is 4. The molecule has 0 saturated heterocycles. The minimum Gasteiger partial charge on any atom is -0.310 e. The van der Waals surface area contributed by atoms with Crippen LogP contribution >= 0.6 is 11.8 Å². The van der Waals surface area contributed by atoms with E-state index in [0.29, 0.717) is 0 Å². The zero-order chi connectivity index (χ0) is 55.3. The largest absolute Gasteiger partial charge is 0.310 e. The van der Waals surface area contributed by atoms with E-state index in [-0.39, 0.29) is 10.8 Å². The fourth-order valence-electron chi connectivity index (χ4n) is 15.2. The maximum Gasteiger partial charge on any atom is 0.0909 e. The number of pyridine rings is 1. The van der Waals surface area contributed by atoms with Gasteiger partial charge in [0.1, 0.15) is 0 Å². The van der Waals surface area contributed by atoms with Crippen LogP contribution in [0.4, 0.5) is 34.1 Å². The van der Waals surface area contributed by atoms with E-state index in [1.807, 2.05) is 18.0 Å². The summed E-state index contributed by atoms with van der Waals surface area (Å²) in [6.45, 7) is 9.53. The Balaban J connectivity index is 1.03. The van der Waals surface area contributed by atoms with Crippen LogP contribution < -0.4 is 9.80 Å². The van der Waals surface area contributed by atoms with Gasteiger partial charge in [-0.15, -0.1) is 0 Å². The predicted molar refractivity (Wildman–Crippen MR) is 344 cm³/mol. The molecule has 3 aliphatic carbocycles. The Bertz CT molecular complexity index is 4800. The van der Waals surface area contributed by atoms with Crippen molar-refractivity contribution in [3.05, 3.63) is 312 Å². The molecule has 2 aromatic heterocycles. The molecular weight excluding hydrogens is 1020 g/mol. The Hall–Kier alpha value is -9.68. The Morgan fingerprint density at radius 1 is 0.361 bits per heavy atom. The number of hydrogen-bond donors (Lipinski definition) is 0. The molecule has 17 rings (SSSR count). The lowest BCUT2D eigenvalue weighted by atomic mass is 9.69. The molecule has 394 valence electrons. The highest BCUT2D eigenvalue weighted by Crippen LogP contribution is 2.66. The van der Waals surface area contributed by atoms with Crippen LogP contribution in [-0.2, 0) is 16.2 Å². The highest BCUT2D eigenvalue weighted by Gasteiger charge is 2.54. The molecule has 0 radical (unpaired) electrons. The van der Waals surface area contributed by atoms with Crippen molar-refractivity contribution in [1.82, 2.24) is 9.55 Å². The zero-order valence-electron chi connectivity index (χ0n) is 46.6. The number of rotatable bonds is 7. The van der Waals surface area contributed by atoms with Crippen molar-refractivity contribution in [2.75, 3.05) is 9.80 Å². The van der Waals surface area contributed by atoms with E-state index in [0.717, 1.165) is 61.4 Å². The molecule has 11 aromatic carbocycles. The first-order chi connectivity index (χ1) is 40.7. The highest BCUT2D eigenvalue weighted by molar-refractivity contribution is 7.99. The van der Waals surface area contributed by atoms with Crippen LogP contribution in [0.3, 0.4) is 0 Å². The Morgan fingerprint density at radius 2 is 0.855 bits per heavy atom. The number of benzene rings is 11. The van der Waals surface area contributed by atoms with Gasteiger partial charge in [0, 0.05) is 77.3 Å². The number of nitrogens with zero attached hydrogens (tertiary/aromatic N) is 4. The smallest absolute Gasteiger partial charge is 0.0909 e. The molecular formula is C78H56N4S. The molecule has 1 atom stereocenters. The average Bonchev–Trinajstić information content (AvgIpc) is 2.60. The molecule has 1 spiro atoms. The van der Waals surface area contributed by atoms with Crippen LogP contribution in [-0.4, -0.2) is 9.55 Å². The maximum atomic E-state index is 5.62. The van der Waals surface area contributed by atoms with Crippen molar-refractivity contribution < 1.29 is 0 Å². The van der Waals surface area contributed by atoms with Crippen LogP contribution in [0.1, 0.15) is 72.3 Å². The van der Waals surface area contributed by atoms with Gasteiger partial charge in [-0.1, -0.05) is 197 Å². The molecule has 0 saturated carbocycles. The monoisotopic (exact) mass is 1080 g/mol. The van der Waals surface area contributed by atoms with E-state index in [4.69, 9.17) is 4.98 Å². The summed E-state index contributed by atoms with van der Waals surface area (Å²) in [7, 11) is 0. The lowest BCUT2D eigenvalue weighted by molar-refractivity contribution is 0.660. The Morgan fingerprint density at radius 3 is 1.51 bits per heavy atom. The predicted octanol–water partition coefficient (Wildman–Crippen LogP) is 20.6. The first-order valence-electron chi connectivity index (χ1n) is 28.9. The maximum absolute atomic E-state index is 5.62. The highest BCUT2D eigenvalue weighted by atomic mass is 32.2. The Labute approximate surface area is 488 Å². The van der Waals surface area contributed by atoms with Crippen molar-refractivity contribution in [3.8, 4) is 39.1 Å². The minimum absolute atomic E-state index is 0.182. The van der Waals surface area contributed by atoms with Crippen molar-refractivity contribution in [3.63, 3.8) is 0 Å². The molecule has 5 heteroatoms. The van der Waals surface area contributed by atoms with Gasteiger partial charge in [0.25, 0.3) is 0 Å². The van der Waals surface area contributed by atoms with Crippen LogP contribution in [0, 0.1) is 0 Å². The Kier molecular flexibility index (Phi) is 10.2. The van der Waals surface area contributed by atoms with Crippen LogP contribution in [0.25, 0.3) is 60.9 Å². The standard InChI is InChI=1S/C78H56N4S/c1-76(2)62-32-17-14-29-55(62)57-41-38-52(45-65(57)76)80(49-23-8-5-9-24-49)53-40-43-60-67(47-53)78(64-34-19-21-36-70(64)83-71-37-22-44-79-75(71)78)68-48-61-59-31-16-20-35-69(59)82(51-27-12-7-13-28-51)73(61)74(72(60)68)81(50-25-10-6-11-26-50)54-39-42-58-56-30-15-18-33-63(56)77(3,4)66(58)46-54/h5-48H,1-4H3. The summed E-state index contributed by atoms with van der Waals surface area (Å²) in [4.78, 5) is 13.1. The normalized spacial score (nSPS) is 15.9. The van der Waals surface area contributed by atoms with Gasteiger partial charge in [-0.2, -0.15) is 0 Å². The van der Waals surface area contributed by atoms with Crippen LogP contribution in [0.15, 0.2) is 277 Å². The number of hydrogen-bond acceptors (Lipinski definition) is 4. The fraction of sp³-hybridized carbons (Fsp3) is 0.0897. The second-order valence-corrected chi connectivity index (χ2v) is 24.9. The lowest BCUT2D eigenvalue weighted by Gasteiger charge is -2.39. The summed E-state index contributed by atoms with van der Waals surface area (Å²) >= 11 is 1.83. The number of aromatic nitrogens is 2. The van der Waals surface area contributed by atoms with Crippen molar-refractivity contribution in [1.29, 1.82) is 0 Å². The van der Waals surface area contributed by atoms with Gasteiger partial charge in [0.15, 0.2) is 0 Å². The van der Waals surface area contributed by atoms with E-state index >= 15 is 0 Å². The molecule has 4 aliphatic rings. The fourth-order valence-corrected chi connectivity index (χ4v) is 16.3. The van der Waals surface area contributed by atoms with E-state index in [1.54, 1.807) is 0 Å². The van der Waals surface area contributed by atoms with E-state index in [2.05, 4.69) is 303 Å². The third-order valence-corrected chi connectivity index (χ3v) is 20.0. The van der Waals surface area contributed by atoms with E-state index in [1.165, 1.54) is 88.0 Å². The molecule has 0 amide bonds. The SMILES string of the molecule is CC1(C)c2ccccc2-c2ccc(N(c3ccccc3)c3ccc4c(c3)C3(c5ccccc5Sc5cccnc53)c3cc5c6ccccc6n(-c6ccccc6)c5c(N(c5ccccc5)c5ccc6c(c5)C(C)(C)c5ccccc5-6)c3-4)cc21.